The fourth-order valence-electron chi connectivity index (χ4n) is 14.2. The van der Waals surface area contributed by atoms with Gasteiger partial charge < -0.3 is 40.4 Å². The number of esters is 1. The summed E-state index contributed by atoms with van der Waals surface area (Å²) in [5.74, 6) is 1.31. The lowest BCUT2D eigenvalue weighted by Gasteiger charge is -2.58. The first-order chi connectivity index (χ1) is 38.6. The second kappa shape index (κ2) is 26.7. The number of unbranched alkanes of at least 4 members (excludes halogenated alkanes) is 7. The molecule has 1 aromatic heterocycles. The Hall–Kier alpha value is -5.61. The van der Waals surface area contributed by atoms with Gasteiger partial charge in [0.1, 0.15) is 24.4 Å². The molecule has 3 saturated carbocycles. The summed E-state index contributed by atoms with van der Waals surface area (Å²) in [5, 5.41) is 12.7. The highest BCUT2D eigenvalue weighted by Crippen LogP contribution is 2.65. The van der Waals surface area contributed by atoms with E-state index in [4.69, 9.17) is 14.2 Å². The zero-order chi connectivity index (χ0) is 58.1. The van der Waals surface area contributed by atoms with E-state index in [-0.39, 0.29) is 71.4 Å². The van der Waals surface area contributed by atoms with Crippen LogP contribution in [0.15, 0.2) is 66.2 Å². The number of nitrogens with one attached hydrogen (secondary N) is 4. The van der Waals surface area contributed by atoms with Crippen LogP contribution in [0, 0.1) is 46.8 Å². The third-order valence-corrected chi connectivity index (χ3v) is 19.9. The van der Waals surface area contributed by atoms with Gasteiger partial charge in [0.2, 0.25) is 29.5 Å². The van der Waals surface area contributed by atoms with E-state index in [9.17, 15) is 28.8 Å². The monoisotopic (exact) mass is 1130 g/mol. The Kier molecular flexibility index (Phi) is 20.3. The third kappa shape index (κ3) is 15.2. The maximum atomic E-state index is 14.6. The van der Waals surface area contributed by atoms with Gasteiger partial charge in [-0.05, 0) is 136 Å². The van der Waals surface area contributed by atoms with Gasteiger partial charge in [-0.15, -0.1) is 11.3 Å². The standard InChI is InChI=1S/C65H92N6O9S/c1-42-57(81-41-67-42)45-24-20-43(21-25-45)37-66-60(76)52-36-47(79-39-44-22-26-46(78-9)27-23-44)38-71(52)61(77)58(62(2,3)4)69-54(72)18-16-14-12-10-11-13-15-17-19-56(74)80-40-63(5,6)70-59(75)51-30-29-49-48-28-31-53-65(8,35-33-55(73)68-53)50(48)32-34-64(49,51)7/h20-27,33,35,41,47-53,58H,10-19,28-32,34,36-40H2,1-9H3,(H,66,76)(H,68,73)(H,69,72)(H,70,75)/t47-,48+,49+,50+,51-,52+,53-,58-,64+,65-/m1/s1. The van der Waals surface area contributed by atoms with Crippen LogP contribution in [0.25, 0.3) is 10.4 Å². The van der Waals surface area contributed by atoms with Crippen LogP contribution in [-0.4, -0.2) is 95.4 Å². The van der Waals surface area contributed by atoms with Crippen molar-refractivity contribution in [2.45, 2.75) is 207 Å². The SMILES string of the molecule is COc1ccc(CO[C@@H]2C[C@@H](C(=O)NCc3ccc(-c4scnc4C)cc3)N(C(=O)[C@@H](NC(=O)CCCCCCCCCCC(=O)OCC(C)(C)NC(=O)[C@H]3CC[C@H]4[C@@H]5CC[C@H]6NC(=O)C=C[C@]6(C)[C@H]5CC[C@]34C)C(C)(C)C)C2)cc1. The predicted octanol–water partition coefficient (Wildman–Crippen LogP) is 10.7. The number of benzene rings is 2. The predicted molar refractivity (Wildman–Crippen MR) is 316 cm³/mol. The normalized spacial score (nSPS) is 26.4. The number of carbonyl (C=O) groups is 6. The lowest BCUT2D eigenvalue weighted by molar-refractivity contribution is -0.147. The Balaban J connectivity index is 0.717. The number of aryl methyl sites for hydroxylation is 1. The molecule has 2 aliphatic heterocycles. The molecule has 442 valence electrons. The van der Waals surface area contributed by atoms with Crippen LogP contribution in [0.2, 0.25) is 0 Å². The van der Waals surface area contributed by atoms with Crippen LogP contribution in [0.5, 0.6) is 5.75 Å². The Morgan fingerprint density at radius 1 is 0.827 bits per heavy atom. The molecule has 0 bridgehead atoms. The number of methoxy groups -OCH3 is 1. The van der Waals surface area contributed by atoms with Crippen molar-refractivity contribution in [1.82, 2.24) is 31.2 Å². The fourth-order valence-corrected chi connectivity index (χ4v) is 15.0. The highest BCUT2D eigenvalue weighted by Gasteiger charge is 2.61. The van der Waals surface area contributed by atoms with Gasteiger partial charge in [0.25, 0.3) is 0 Å². The Morgan fingerprint density at radius 2 is 1.51 bits per heavy atom. The average Bonchev–Trinajstić information content (AvgIpc) is 3.79. The summed E-state index contributed by atoms with van der Waals surface area (Å²) in [4.78, 5) is 88.3. The average molecular weight is 1130 g/mol. The summed E-state index contributed by atoms with van der Waals surface area (Å²) in [6.45, 7) is 17.3. The van der Waals surface area contributed by atoms with Crippen LogP contribution in [-0.2, 0) is 51.4 Å². The van der Waals surface area contributed by atoms with Crippen molar-refractivity contribution in [1.29, 1.82) is 0 Å². The van der Waals surface area contributed by atoms with E-state index in [2.05, 4.69) is 46.2 Å². The highest BCUT2D eigenvalue weighted by molar-refractivity contribution is 7.13. The number of carbonyl (C=O) groups excluding carboxylic acids is 6. The molecule has 2 aromatic carbocycles. The first kappa shape index (κ1) is 61.5. The van der Waals surface area contributed by atoms with Crippen LogP contribution in [0.3, 0.4) is 0 Å². The maximum absolute atomic E-state index is 14.6. The van der Waals surface area contributed by atoms with Crippen molar-refractivity contribution >= 4 is 46.8 Å². The number of thiazole rings is 1. The summed E-state index contributed by atoms with van der Waals surface area (Å²) in [6, 6.07) is 14.2. The minimum absolute atomic E-state index is 0.0173. The van der Waals surface area contributed by atoms with E-state index < -0.39 is 29.1 Å². The van der Waals surface area contributed by atoms with Crippen LogP contribution < -0.4 is 26.0 Å². The minimum Gasteiger partial charge on any atom is -0.497 e. The molecule has 4 fully saturated rings. The summed E-state index contributed by atoms with van der Waals surface area (Å²) in [7, 11) is 1.62. The summed E-state index contributed by atoms with van der Waals surface area (Å²) in [5.41, 5.74) is 4.34. The Labute approximate surface area is 485 Å². The molecule has 10 atom stereocenters. The van der Waals surface area contributed by atoms with E-state index in [0.29, 0.717) is 56.6 Å². The van der Waals surface area contributed by atoms with E-state index in [1.54, 1.807) is 29.4 Å². The van der Waals surface area contributed by atoms with Crippen LogP contribution >= 0.6 is 11.3 Å². The molecule has 0 spiro atoms. The Bertz CT molecular complexity index is 2700. The van der Waals surface area contributed by atoms with Crippen molar-refractivity contribution in [2.75, 3.05) is 20.3 Å². The first-order valence-electron chi connectivity index (χ1n) is 30.2. The molecule has 81 heavy (non-hydrogen) atoms. The molecular weight excluding hydrogens is 1040 g/mol. The van der Waals surface area contributed by atoms with Crippen molar-refractivity contribution in [2.24, 2.45) is 39.9 Å². The van der Waals surface area contributed by atoms with Gasteiger partial charge in [-0.25, -0.2) is 4.98 Å². The molecule has 16 heteroatoms. The van der Waals surface area contributed by atoms with Crippen molar-refractivity contribution in [3.05, 3.63) is 83.0 Å². The van der Waals surface area contributed by atoms with E-state index in [1.807, 2.05) is 95.6 Å². The van der Waals surface area contributed by atoms with Crippen molar-refractivity contribution < 1.29 is 43.0 Å². The van der Waals surface area contributed by atoms with Gasteiger partial charge in [-0.3, -0.25) is 28.8 Å². The molecule has 3 aliphatic carbocycles. The molecule has 5 aliphatic rings. The van der Waals surface area contributed by atoms with E-state index >= 15 is 0 Å². The van der Waals surface area contributed by atoms with Gasteiger partial charge in [0.15, 0.2) is 0 Å². The quantitative estimate of drug-likeness (QED) is 0.0468. The zero-order valence-corrected chi connectivity index (χ0v) is 50.6. The van der Waals surface area contributed by atoms with Gasteiger partial charge in [-0.1, -0.05) is 116 Å². The fraction of sp³-hybridized carbons (Fsp3) is 0.646. The number of rotatable bonds is 25. The minimum atomic E-state index is -0.852. The number of fused-ring (bicyclic) bond motifs is 5. The number of amides is 5. The van der Waals surface area contributed by atoms with Gasteiger partial charge in [-0.2, -0.15) is 0 Å². The Morgan fingerprint density at radius 3 is 2.17 bits per heavy atom. The molecule has 15 nitrogen and oxygen atoms in total. The number of nitrogens with zero attached hydrogens (tertiary/aromatic N) is 2. The zero-order valence-electron chi connectivity index (χ0n) is 49.8. The second-order valence-corrected chi connectivity index (χ2v) is 27.2. The topological polar surface area (TPSA) is 194 Å². The number of hydrogen-bond donors (Lipinski definition) is 4. The molecule has 3 heterocycles. The molecule has 8 rings (SSSR count). The van der Waals surface area contributed by atoms with Crippen molar-refractivity contribution in [3.63, 3.8) is 0 Å². The van der Waals surface area contributed by atoms with Crippen molar-refractivity contribution in [3.8, 4) is 16.2 Å². The van der Waals surface area contributed by atoms with Gasteiger partial charge in [0, 0.05) is 49.7 Å². The summed E-state index contributed by atoms with van der Waals surface area (Å²) < 4.78 is 17.4. The van der Waals surface area contributed by atoms with E-state index in [1.165, 1.54) is 0 Å². The lowest BCUT2D eigenvalue weighted by Crippen LogP contribution is -2.60. The van der Waals surface area contributed by atoms with Gasteiger partial charge in [0.05, 0.1) is 41.4 Å². The summed E-state index contributed by atoms with van der Waals surface area (Å²) >= 11 is 1.59. The van der Waals surface area contributed by atoms with Crippen LogP contribution in [0.4, 0.5) is 0 Å². The van der Waals surface area contributed by atoms with Crippen LogP contribution in [0.1, 0.15) is 174 Å². The molecule has 5 amide bonds. The highest BCUT2D eigenvalue weighted by atomic mass is 32.1. The molecule has 1 saturated heterocycles. The maximum Gasteiger partial charge on any atom is 0.305 e. The lowest BCUT2D eigenvalue weighted by atomic mass is 9.48. The molecule has 3 aromatic rings. The number of ether oxygens (including phenoxy) is 3. The van der Waals surface area contributed by atoms with Gasteiger partial charge >= 0.3 is 5.97 Å². The number of hydrogen-bond acceptors (Lipinski definition) is 11. The molecule has 4 N–H and O–H groups in total. The molecule has 0 radical (unpaired) electrons. The number of likely N-dealkylation sites (tertiary alicyclic amines) is 1. The smallest absolute Gasteiger partial charge is 0.305 e. The second-order valence-electron chi connectivity index (χ2n) is 26.3. The largest absolute Gasteiger partial charge is 0.497 e. The molecule has 0 unspecified atom stereocenters. The number of aromatic nitrogens is 1. The summed E-state index contributed by atoms with van der Waals surface area (Å²) in [6.07, 6.45) is 17.8. The van der Waals surface area contributed by atoms with E-state index in [0.717, 1.165) is 116 Å². The molecular formula is C65H92N6O9S. The first-order valence-corrected chi connectivity index (χ1v) is 31.1. The third-order valence-electron chi connectivity index (χ3n) is 18.9.